The van der Waals surface area contributed by atoms with Crippen molar-refractivity contribution in [3.05, 3.63) is 92.5 Å². The molecule has 3 rings (SSSR count). The Morgan fingerprint density at radius 3 is 2.23 bits per heavy atom. The zero-order valence-corrected chi connectivity index (χ0v) is 17.7. The topological polar surface area (TPSA) is 29.5 Å². The molecule has 0 heterocycles. The van der Waals surface area contributed by atoms with Crippen molar-refractivity contribution in [1.29, 1.82) is 0 Å². The van der Waals surface area contributed by atoms with Crippen LogP contribution in [0, 0.1) is 3.57 Å². The molecule has 0 saturated heterocycles. The molecule has 26 heavy (non-hydrogen) atoms. The van der Waals surface area contributed by atoms with Crippen molar-refractivity contribution in [2.45, 2.75) is 6.54 Å². The number of benzene rings is 3. The molecule has 0 aromatic heterocycles. The van der Waals surface area contributed by atoms with Crippen molar-refractivity contribution in [2.24, 2.45) is 0 Å². The van der Waals surface area contributed by atoms with Crippen LogP contribution in [0.2, 0.25) is 0 Å². The maximum absolute atomic E-state index is 12.9. The largest absolute Gasteiger partial charge is 0.484 e. The van der Waals surface area contributed by atoms with E-state index >= 15 is 0 Å². The Morgan fingerprint density at radius 1 is 0.923 bits per heavy atom. The summed E-state index contributed by atoms with van der Waals surface area (Å²) in [6.07, 6.45) is 0. The second kappa shape index (κ2) is 9.19. The number of hydrogen-bond acceptors (Lipinski definition) is 2. The number of nitrogens with zero attached hydrogens (tertiary/aromatic N) is 1. The molecule has 0 atom stereocenters. The van der Waals surface area contributed by atoms with E-state index in [-0.39, 0.29) is 12.5 Å². The SMILES string of the molecule is O=C(COc1ccccc1)N(Cc1ccc(Br)cc1)c1ccc(I)cc1. The minimum atomic E-state index is -0.0852. The zero-order chi connectivity index (χ0) is 18.4. The molecule has 0 saturated carbocycles. The van der Waals surface area contributed by atoms with E-state index in [9.17, 15) is 4.79 Å². The van der Waals surface area contributed by atoms with Crippen LogP contribution in [-0.4, -0.2) is 12.5 Å². The van der Waals surface area contributed by atoms with Gasteiger partial charge in [-0.1, -0.05) is 46.3 Å². The summed E-state index contributed by atoms with van der Waals surface area (Å²) >= 11 is 5.70. The fourth-order valence-electron chi connectivity index (χ4n) is 2.46. The number of amides is 1. The average Bonchev–Trinajstić information content (AvgIpc) is 2.67. The Bertz CT molecular complexity index is 851. The Hall–Kier alpha value is -1.86. The molecule has 0 aliphatic heterocycles. The van der Waals surface area contributed by atoms with E-state index in [0.29, 0.717) is 12.3 Å². The third-order valence-electron chi connectivity index (χ3n) is 3.80. The highest BCUT2D eigenvalue weighted by atomic mass is 127. The van der Waals surface area contributed by atoms with Crippen molar-refractivity contribution >= 4 is 50.1 Å². The fraction of sp³-hybridized carbons (Fsp3) is 0.0952. The monoisotopic (exact) mass is 521 g/mol. The van der Waals surface area contributed by atoms with Crippen LogP contribution in [0.25, 0.3) is 0 Å². The number of rotatable bonds is 6. The summed E-state index contributed by atoms with van der Waals surface area (Å²) in [5, 5.41) is 0. The van der Waals surface area contributed by atoms with Crippen LogP contribution >= 0.6 is 38.5 Å². The lowest BCUT2D eigenvalue weighted by molar-refractivity contribution is -0.120. The highest BCUT2D eigenvalue weighted by Crippen LogP contribution is 2.21. The third-order valence-corrected chi connectivity index (χ3v) is 5.05. The van der Waals surface area contributed by atoms with E-state index in [1.54, 1.807) is 4.90 Å². The Morgan fingerprint density at radius 2 is 1.58 bits per heavy atom. The van der Waals surface area contributed by atoms with Crippen molar-refractivity contribution in [3.63, 3.8) is 0 Å². The van der Waals surface area contributed by atoms with Gasteiger partial charge in [-0.3, -0.25) is 4.79 Å². The Kier molecular flexibility index (Phi) is 6.68. The molecule has 3 aromatic carbocycles. The van der Waals surface area contributed by atoms with Crippen molar-refractivity contribution in [2.75, 3.05) is 11.5 Å². The molecular weight excluding hydrogens is 505 g/mol. The van der Waals surface area contributed by atoms with Gasteiger partial charge in [0, 0.05) is 13.7 Å². The number of anilines is 1. The molecule has 3 nitrogen and oxygen atoms in total. The molecule has 0 bridgehead atoms. The highest BCUT2D eigenvalue weighted by Gasteiger charge is 2.17. The summed E-state index contributed by atoms with van der Waals surface area (Å²) in [5.41, 5.74) is 1.91. The molecule has 0 unspecified atom stereocenters. The van der Waals surface area contributed by atoms with Gasteiger partial charge in [-0.15, -0.1) is 0 Å². The molecule has 0 N–H and O–H groups in total. The number of para-hydroxylation sites is 1. The first-order chi connectivity index (χ1) is 12.6. The quantitative estimate of drug-likeness (QED) is 0.391. The lowest BCUT2D eigenvalue weighted by Gasteiger charge is -2.23. The lowest BCUT2D eigenvalue weighted by atomic mass is 10.2. The number of carbonyl (C=O) groups excluding carboxylic acids is 1. The standard InChI is InChI=1S/C21H17BrINO2/c22-17-8-6-16(7-9-17)14-24(19-12-10-18(23)11-13-19)21(25)15-26-20-4-2-1-3-5-20/h1-13H,14-15H2. The van der Waals surface area contributed by atoms with Gasteiger partial charge in [0.2, 0.25) is 0 Å². The van der Waals surface area contributed by atoms with E-state index in [0.717, 1.165) is 19.3 Å². The molecule has 1 amide bonds. The summed E-state index contributed by atoms with van der Waals surface area (Å²) < 4.78 is 7.79. The molecule has 132 valence electrons. The van der Waals surface area contributed by atoms with Gasteiger partial charge in [-0.2, -0.15) is 0 Å². The lowest BCUT2D eigenvalue weighted by Crippen LogP contribution is -2.34. The van der Waals surface area contributed by atoms with Crippen LogP contribution in [0.5, 0.6) is 5.75 Å². The molecule has 3 aromatic rings. The Balaban J connectivity index is 1.78. The first-order valence-corrected chi connectivity index (χ1v) is 9.97. The van der Waals surface area contributed by atoms with Crippen LogP contribution in [0.4, 0.5) is 5.69 Å². The zero-order valence-electron chi connectivity index (χ0n) is 13.9. The average molecular weight is 522 g/mol. The van der Waals surface area contributed by atoms with Crippen molar-refractivity contribution in [1.82, 2.24) is 0 Å². The summed E-state index contributed by atoms with van der Waals surface area (Å²) in [6.45, 7) is 0.484. The van der Waals surface area contributed by atoms with Crippen molar-refractivity contribution in [3.8, 4) is 5.75 Å². The molecule has 0 fully saturated rings. The second-order valence-corrected chi connectivity index (χ2v) is 7.85. The molecule has 0 radical (unpaired) electrons. The molecule has 0 aliphatic rings. The third kappa shape index (κ3) is 5.32. The number of hydrogen-bond donors (Lipinski definition) is 0. The first-order valence-electron chi connectivity index (χ1n) is 8.10. The van der Waals surface area contributed by atoms with Crippen LogP contribution < -0.4 is 9.64 Å². The maximum Gasteiger partial charge on any atom is 0.265 e. The first kappa shape index (κ1) is 18.9. The number of halogens is 2. The second-order valence-electron chi connectivity index (χ2n) is 5.68. The van der Waals surface area contributed by atoms with Gasteiger partial charge in [0.25, 0.3) is 5.91 Å². The van der Waals surface area contributed by atoms with E-state index in [1.807, 2.05) is 78.9 Å². The number of ether oxygens (including phenoxy) is 1. The van der Waals surface area contributed by atoms with Crippen molar-refractivity contribution < 1.29 is 9.53 Å². The molecule has 5 heteroatoms. The van der Waals surface area contributed by atoms with Gasteiger partial charge in [-0.05, 0) is 76.7 Å². The fourth-order valence-corrected chi connectivity index (χ4v) is 3.08. The highest BCUT2D eigenvalue weighted by molar-refractivity contribution is 14.1. The predicted octanol–water partition coefficient (Wildman–Crippen LogP) is 5.67. The van der Waals surface area contributed by atoms with Gasteiger partial charge < -0.3 is 9.64 Å². The summed E-state index contributed by atoms with van der Waals surface area (Å²) in [4.78, 5) is 14.6. The summed E-state index contributed by atoms with van der Waals surface area (Å²) in [6, 6.07) is 25.3. The normalized spacial score (nSPS) is 10.4. The van der Waals surface area contributed by atoms with Crippen LogP contribution in [0.15, 0.2) is 83.3 Å². The Labute approximate surface area is 175 Å². The minimum absolute atomic E-state index is 0.00741. The van der Waals surface area contributed by atoms with Gasteiger partial charge >= 0.3 is 0 Å². The van der Waals surface area contributed by atoms with E-state index < -0.39 is 0 Å². The van der Waals surface area contributed by atoms with Gasteiger partial charge in [-0.25, -0.2) is 0 Å². The molecule has 0 aliphatic carbocycles. The van der Waals surface area contributed by atoms with Gasteiger partial charge in [0.1, 0.15) is 5.75 Å². The van der Waals surface area contributed by atoms with Gasteiger partial charge in [0.05, 0.1) is 6.54 Å². The maximum atomic E-state index is 12.9. The smallest absolute Gasteiger partial charge is 0.265 e. The molecule has 0 spiro atoms. The van der Waals surface area contributed by atoms with E-state index in [2.05, 4.69) is 38.5 Å². The summed E-state index contributed by atoms with van der Waals surface area (Å²) in [7, 11) is 0. The van der Waals surface area contributed by atoms with E-state index in [1.165, 1.54) is 0 Å². The number of carbonyl (C=O) groups is 1. The van der Waals surface area contributed by atoms with Crippen LogP contribution in [0.1, 0.15) is 5.56 Å². The van der Waals surface area contributed by atoms with Crippen LogP contribution in [-0.2, 0) is 11.3 Å². The molecular formula is C21H17BrINO2. The summed E-state index contributed by atoms with van der Waals surface area (Å²) in [5.74, 6) is 0.602. The minimum Gasteiger partial charge on any atom is -0.484 e. The van der Waals surface area contributed by atoms with E-state index in [4.69, 9.17) is 4.74 Å². The van der Waals surface area contributed by atoms with Gasteiger partial charge in [0.15, 0.2) is 6.61 Å². The predicted molar refractivity (Wildman–Crippen MR) is 116 cm³/mol. The van der Waals surface area contributed by atoms with Crippen LogP contribution in [0.3, 0.4) is 0 Å².